The van der Waals surface area contributed by atoms with Crippen molar-refractivity contribution in [2.45, 2.75) is 23.8 Å². The van der Waals surface area contributed by atoms with E-state index in [1.807, 2.05) is 10.8 Å². The van der Waals surface area contributed by atoms with Gasteiger partial charge >= 0.3 is 0 Å². The molecule has 2 rings (SSSR count). The Morgan fingerprint density at radius 3 is 2.30 bits per heavy atom. The molecule has 7 nitrogen and oxygen atoms in total. The van der Waals surface area contributed by atoms with Gasteiger partial charge in [-0.05, 0) is 35.7 Å². The van der Waals surface area contributed by atoms with Crippen molar-refractivity contribution in [2.24, 2.45) is 0 Å². The first-order valence-electron chi connectivity index (χ1n) is 6.71. The second-order valence-electron chi connectivity index (χ2n) is 4.91. The van der Waals surface area contributed by atoms with Crippen LogP contribution in [0.2, 0.25) is 0 Å². The van der Waals surface area contributed by atoms with Crippen LogP contribution in [0.4, 0.5) is 0 Å². The Labute approximate surface area is 132 Å². The third kappa shape index (κ3) is 4.27. The molecule has 0 amide bonds. The Kier molecular flexibility index (Phi) is 4.97. The summed E-state index contributed by atoms with van der Waals surface area (Å²) in [6.45, 7) is 0. The monoisotopic (exact) mass is 335 g/mol. The number of hydrogen-bond acceptors (Lipinski definition) is 6. The van der Waals surface area contributed by atoms with Gasteiger partial charge in [-0.25, -0.2) is 13.1 Å². The van der Waals surface area contributed by atoms with E-state index in [0.717, 1.165) is 5.39 Å². The van der Waals surface area contributed by atoms with E-state index >= 15 is 0 Å². The number of carboxylic acid groups (broad SMARTS) is 2. The summed E-state index contributed by atoms with van der Waals surface area (Å²) in [5, 5.41) is 22.9. The molecule has 122 valence electrons. The van der Waals surface area contributed by atoms with Crippen LogP contribution in [-0.4, -0.2) is 26.4 Å². The number of carbonyl (C=O) groups is 2. The first kappa shape index (κ1) is 16.9. The van der Waals surface area contributed by atoms with Gasteiger partial charge in [-0.15, -0.1) is 0 Å². The number of aliphatic carboxylic acids is 2. The van der Waals surface area contributed by atoms with Gasteiger partial charge in [-0.3, -0.25) is 0 Å². The number of rotatable bonds is 7. The predicted octanol–water partition coefficient (Wildman–Crippen LogP) is -1.23. The summed E-state index contributed by atoms with van der Waals surface area (Å²) in [5.74, 6) is -3.17. The number of carboxylic acids is 2. The van der Waals surface area contributed by atoms with Crippen LogP contribution in [0.1, 0.15) is 12.8 Å². The van der Waals surface area contributed by atoms with Crippen LogP contribution in [0.5, 0.6) is 0 Å². The largest absolute Gasteiger partial charge is 0.550 e. The summed E-state index contributed by atoms with van der Waals surface area (Å²) in [6, 6.07) is 9.78. The Hall–Kier alpha value is -2.45. The number of fused-ring (bicyclic) bond motifs is 1. The van der Waals surface area contributed by atoms with Gasteiger partial charge in [0, 0.05) is 5.97 Å². The van der Waals surface area contributed by atoms with Crippen LogP contribution >= 0.6 is 0 Å². The number of sulfonamides is 1. The third-order valence-corrected chi connectivity index (χ3v) is 4.72. The average molecular weight is 335 g/mol. The fourth-order valence-corrected chi connectivity index (χ4v) is 3.33. The second kappa shape index (κ2) is 6.76. The SMILES string of the molecule is O=C([O-])CC[C@H](NS(=O)(=O)c1ccc2ccccc2c1)C(=O)[O-]. The lowest BCUT2D eigenvalue weighted by Crippen LogP contribution is -2.48. The molecule has 8 heteroatoms. The van der Waals surface area contributed by atoms with E-state index in [9.17, 15) is 28.2 Å². The standard InChI is InChI=1S/C15H15NO6S/c17-14(18)8-7-13(15(19)20)16-23(21,22)12-6-5-10-3-1-2-4-11(10)9-12/h1-6,9,13,16H,7-8H2,(H,17,18)(H,19,20)/p-2/t13-/m0/s1. The molecule has 0 bridgehead atoms. The second-order valence-corrected chi connectivity index (χ2v) is 6.63. The van der Waals surface area contributed by atoms with E-state index in [1.165, 1.54) is 12.1 Å². The van der Waals surface area contributed by atoms with E-state index < -0.39 is 40.8 Å². The zero-order valence-corrected chi connectivity index (χ0v) is 12.7. The fraction of sp³-hybridized carbons (Fsp3) is 0.200. The van der Waals surface area contributed by atoms with Crippen molar-refractivity contribution in [3.63, 3.8) is 0 Å². The van der Waals surface area contributed by atoms with Crippen molar-refractivity contribution < 1.29 is 28.2 Å². The van der Waals surface area contributed by atoms with Gasteiger partial charge in [0.05, 0.1) is 16.9 Å². The first-order valence-corrected chi connectivity index (χ1v) is 8.20. The van der Waals surface area contributed by atoms with E-state index in [4.69, 9.17) is 0 Å². The Balaban J connectivity index is 2.27. The van der Waals surface area contributed by atoms with Crippen molar-refractivity contribution >= 4 is 32.7 Å². The van der Waals surface area contributed by atoms with E-state index in [-0.39, 0.29) is 4.90 Å². The van der Waals surface area contributed by atoms with E-state index in [2.05, 4.69) is 0 Å². The Morgan fingerprint density at radius 2 is 1.70 bits per heavy atom. The molecule has 0 aromatic heterocycles. The zero-order valence-electron chi connectivity index (χ0n) is 11.9. The topological polar surface area (TPSA) is 126 Å². The molecule has 0 unspecified atom stereocenters. The van der Waals surface area contributed by atoms with Gasteiger partial charge in [0.1, 0.15) is 0 Å². The average Bonchev–Trinajstić information content (AvgIpc) is 2.50. The van der Waals surface area contributed by atoms with Crippen LogP contribution < -0.4 is 14.9 Å². The lowest BCUT2D eigenvalue weighted by Gasteiger charge is -2.20. The van der Waals surface area contributed by atoms with Crippen molar-refractivity contribution in [3.8, 4) is 0 Å². The van der Waals surface area contributed by atoms with Gasteiger partial charge in [-0.2, -0.15) is 0 Å². The number of carbonyl (C=O) groups excluding carboxylic acids is 2. The molecule has 0 fully saturated rings. The lowest BCUT2D eigenvalue weighted by molar-refractivity contribution is -0.309. The van der Waals surface area contributed by atoms with Crippen molar-refractivity contribution in [2.75, 3.05) is 0 Å². The first-order chi connectivity index (χ1) is 10.8. The highest BCUT2D eigenvalue weighted by Gasteiger charge is 2.21. The highest BCUT2D eigenvalue weighted by atomic mass is 32.2. The van der Waals surface area contributed by atoms with Gasteiger partial charge in [0.15, 0.2) is 0 Å². The summed E-state index contributed by atoms with van der Waals surface area (Å²) in [4.78, 5) is 21.3. The molecule has 23 heavy (non-hydrogen) atoms. The van der Waals surface area contributed by atoms with E-state index in [1.54, 1.807) is 24.3 Å². The molecule has 0 aliphatic rings. The summed E-state index contributed by atoms with van der Waals surface area (Å²) in [5.41, 5.74) is 0. The maximum Gasteiger partial charge on any atom is 0.241 e. The molecule has 2 aromatic carbocycles. The van der Waals surface area contributed by atoms with Gasteiger partial charge < -0.3 is 19.8 Å². The minimum Gasteiger partial charge on any atom is -0.550 e. The Morgan fingerprint density at radius 1 is 1.04 bits per heavy atom. The number of benzene rings is 2. The summed E-state index contributed by atoms with van der Waals surface area (Å²) >= 11 is 0. The summed E-state index contributed by atoms with van der Waals surface area (Å²) < 4.78 is 26.5. The maximum absolute atomic E-state index is 12.3. The summed E-state index contributed by atoms with van der Waals surface area (Å²) in [6.07, 6.45) is -1.06. The lowest BCUT2D eigenvalue weighted by atomic mass is 10.1. The zero-order chi connectivity index (χ0) is 17.0. The van der Waals surface area contributed by atoms with Crippen LogP contribution in [0.25, 0.3) is 10.8 Å². The smallest absolute Gasteiger partial charge is 0.241 e. The van der Waals surface area contributed by atoms with Crippen molar-refractivity contribution in [1.29, 1.82) is 0 Å². The fourth-order valence-electron chi connectivity index (χ4n) is 2.08. The minimum absolute atomic E-state index is 0.115. The number of nitrogens with one attached hydrogen (secondary N) is 1. The van der Waals surface area contributed by atoms with E-state index in [0.29, 0.717) is 5.39 Å². The van der Waals surface area contributed by atoms with Crippen molar-refractivity contribution in [1.82, 2.24) is 4.72 Å². The molecule has 0 heterocycles. The molecule has 0 radical (unpaired) electrons. The molecular weight excluding hydrogens is 322 g/mol. The molecule has 1 atom stereocenters. The normalized spacial score (nSPS) is 12.9. The van der Waals surface area contributed by atoms with Crippen LogP contribution in [0, 0.1) is 0 Å². The molecule has 0 spiro atoms. The number of hydrogen-bond donors (Lipinski definition) is 1. The molecule has 1 N–H and O–H groups in total. The molecule has 0 saturated heterocycles. The molecule has 0 aliphatic carbocycles. The quantitative estimate of drug-likeness (QED) is 0.675. The Bertz CT molecular complexity index is 846. The maximum atomic E-state index is 12.3. The van der Waals surface area contributed by atoms with Gasteiger partial charge in [0.2, 0.25) is 10.0 Å². The van der Waals surface area contributed by atoms with Crippen LogP contribution in [0.15, 0.2) is 47.4 Å². The molecule has 2 aromatic rings. The molecular formula is C15H13NO6S-2. The summed E-state index contributed by atoms with van der Waals surface area (Å²) in [7, 11) is -4.13. The van der Waals surface area contributed by atoms with Gasteiger partial charge in [0.25, 0.3) is 0 Å². The van der Waals surface area contributed by atoms with Crippen LogP contribution in [0.3, 0.4) is 0 Å². The predicted molar refractivity (Wildman–Crippen MR) is 77.3 cm³/mol. The van der Waals surface area contributed by atoms with Gasteiger partial charge in [-0.1, -0.05) is 30.3 Å². The highest BCUT2D eigenvalue weighted by Crippen LogP contribution is 2.19. The van der Waals surface area contributed by atoms with Crippen molar-refractivity contribution in [3.05, 3.63) is 42.5 Å². The minimum atomic E-state index is -4.13. The third-order valence-electron chi connectivity index (χ3n) is 3.25. The van der Waals surface area contributed by atoms with Crippen LogP contribution in [-0.2, 0) is 19.6 Å². The highest BCUT2D eigenvalue weighted by molar-refractivity contribution is 7.89. The molecule has 0 saturated carbocycles. The molecule has 0 aliphatic heterocycles.